The van der Waals surface area contributed by atoms with Crippen LogP contribution in [0.15, 0.2) is 29.6 Å². The molecule has 0 aromatic carbocycles. The molecule has 1 saturated heterocycles. The first-order valence-electron chi connectivity index (χ1n) is 6.86. The van der Waals surface area contributed by atoms with Crippen molar-refractivity contribution in [2.24, 2.45) is 0 Å². The molecule has 1 fully saturated rings. The summed E-state index contributed by atoms with van der Waals surface area (Å²) in [6.45, 7) is 4.00. The molecule has 0 amide bonds. The minimum Gasteiger partial charge on any atom is -0.314 e. The Labute approximate surface area is 111 Å². The van der Waals surface area contributed by atoms with Crippen LogP contribution in [0, 0.1) is 0 Å². The van der Waals surface area contributed by atoms with Gasteiger partial charge in [-0.3, -0.25) is 4.79 Å². The van der Waals surface area contributed by atoms with Crippen molar-refractivity contribution in [3.63, 3.8) is 0 Å². The van der Waals surface area contributed by atoms with Crippen LogP contribution in [-0.4, -0.2) is 39.1 Å². The van der Waals surface area contributed by atoms with Gasteiger partial charge in [0.2, 0.25) is 0 Å². The van der Waals surface area contributed by atoms with Crippen LogP contribution in [0.2, 0.25) is 0 Å². The van der Waals surface area contributed by atoms with E-state index in [1.165, 1.54) is 25.6 Å². The van der Waals surface area contributed by atoms with Gasteiger partial charge in [0, 0.05) is 25.5 Å². The van der Waals surface area contributed by atoms with E-state index in [1.807, 2.05) is 12.3 Å². The predicted octanol–water partition coefficient (Wildman–Crippen LogP) is 1.28. The van der Waals surface area contributed by atoms with E-state index in [0.717, 1.165) is 26.2 Å². The lowest BCUT2D eigenvalue weighted by Gasteiger charge is -2.26. The van der Waals surface area contributed by atoms with Crippen molar-refractivity contribution in [3.8, 4) is 0 Å². The van der Waals surface area contributed by atoms with Gasteiger partial charge in [-0.05, 0) is 32.0 Å². The second kappa shape index (κ2) is 5.48. The molecule has 0 N–H and O–H groups in total. The van der Waals surface area contributed by atoms with Crippen LogP contribution < -0.4 is 5.56 Å². The van der Waals surface area contributed by atoms with Gasteiger partial charge >= 0.3 is 0 Å². The Balaban J connectivity index is 1.77. The Morgan fingerprint density at radius 1 is 1.16 bits per heavy atom. The molecule has 0 saturated carbocycles. The topological polar surface area (TPSA) is 51.0 Å². The third-order valence-electron chi connectivity index (χ3n) is 3.75. The van der Waals surface area contributed by atoms with E-state index in [9.17, 15) is 4.79 Å². The van der Waals surface area contributed by atoms with E-state index >= 15 is 0 Å². The van der Waals surface area contributed by atoms with E-state index < -0.39 is 0 Å². The minimum atomic E-state index is 0.00936. The van der Waals surface area contributed by atoms with Gasteiger partial charge in [-0.15, -0.1) is 0 Å². The summed E-state index contributed by atoms with van der Waals surface area (Å²) in [4.78, 5) is 22.7. The first-order valence-corrected chi connectivity index (χ1v) is 6.86. The number of piperidine rings is 1. The number of nitrogens with zero attached hydrogens (tertiary/aromatic N) is 4. The molecule has 1 aliphatic heterocycles. The first kappa shape index (κ1) is 12.3. The zero-order valence-corrected chi connectivity index (χ0v) is 11.0. The lowest BCUT2D eigenvalue weighted by molar-refractivity contribution is 0.220. The highest BCUT2D eigenvalue weighted by Gasteiger charge is 2.10. The normalized spacial score (nSPS) is 16.8. The number of likely N-dealkylation sites (tertiary alicyclic amines) is 1. The lowest BCUT2D eigenvalue weighted by Crippen LogP contribution is -2.34. The zero-order valence-electron chi connectivity index (χ0n) is 11.0. The Kier molecular flexibility index (Phi) is 3.55. The summed E-state index contributed by atoms with van der Waals surface area (Å²) in [5.74, 6) is 0. The summed E-state index contributed by atoms with van der Waals surface area (Å²) in [5.41, 5.74) is 0.726. The number of pyridine rings is 1. The molecule has 3 heterocycles. The first-order chi connectivity index (χ1) is 9.34. The lowest BCUT2D eigenvalue weighted by atomic mass is 10.1. The maximum atomic E-state index is 12.3. The van der Waals surface area contributed by atoms with E-state index in [-0.39, 0.29) is 5.56 Å². The zero-order chi connectivity index (χ0) is 13.1. The highest BCUT2D eigenvalue weighted by molar-refractivity contribution is 5.75. The van der Waals surface area contributed by atoms with Gasteiger partial charge in [0.1, 0.15) is 6.33 Å². The summed E-state index contributed by atoms with van der Waals surface area (Å²) < 4.78 is 1.76. The van der Waals surface area contributed by atoms with Crippen LogP contribution in [0.25, 0.3) is 10.9 Å². The van der Waals surface area contributed by atoms with Crippen molar-refractivity contribution in [1.82, 2.24) is 19.4 Å². The van der Waals surface area contributed by atoms with Crippen LogP contribution >= 0.6 is 0 Å². The smallest absolute Gasteiger partial charge is 0.261 e. The number of rotatable bonds is 3. The van der Waals surface area contributed by atoms with Gasteiger partial charge in [0.05, 0.1) is 10.9 Å². The molecule has 5 nitrogen and oxygen atoms in total. The third-order valence-corrected chi connectivity index (χ3v) is 3.75. The van der Waals surface area contributed by atoms with Crippen molar-refractivity contribution < 1.29 is 0 Å². The predicted molar refractivity (Wildman–Crippen MR) is 74.1 cm³/mol. The fourth-order valence-corrected chi connectivity index (χ4v) is 2.63. The molecule has 1 aliphatic rings. The summed E-state index contributed by atoms with van der Waals surface area (Å²) in [6.07, 6.45) is 8.80. The summed E-state index contributed by atoms with van der Waals surface area (Å²) in [6, 6.07) is 1.88. The molecule has 2 aromatic rings. The van der Waals surface area contributed by atoms with E-state index in [1.54, 1.807) is 10.8 Å². The van der Waals surface area contributed by atoms with Gasteiger partial charge in [0.25, 0.3) is 5.56 Å². The fraction of sp³-hybridized carbons (Fsp3) is 0.500. The Morgan fingerprint density at radius 3 is 2.84 bits per heavy atom. The molecule has 2 aromatic heterocycles. The van der Waals surface area contributed by atoms with Crippen LogP contribution in [0.5, 0.6) is 0 Å². The summed E-state index contributed by atoms with van der Waals surface area (Å²) >= 11 is 0. The third kappa shape index (κ3) is 2.66. The van der Waals surface area contributed by atoms with Crippen LogP contribution in [0.3, 0.4) is 0 Å². The summed E-state index contributed by atoms with van der Waals surface area (Å²) in [5, 5.41) is 0.601. The Morgan fingerprint density at radius 2 is 2.00 bits per heavy atom. The molecule has 5 heteroatoms. The molecular formula is C14H18N4O. The molecule has 0 spiro atoms. The van der Waals surface area contributed by atoms with Crippen LogP contribution in [0.1, 0.15) is 19.3 Å². The Bertz CT molecular complexity index is 616. The second-order valence-corrected chi connectivity index (χ2v) is 5.04. The van der Waals surface area contributed by atoms with Crippen molar-refractivity contribution in [2.45, 2.75) is 25.8 Å². The molecule has 0 unspecified atom stereocenters. The van der Waals surface area contributed by atoms with Gasteiger partial charge in [-0.25, -0.2) is 9.97 Å². The van der Waals surface area contributed by atoms with Crippen molar-refractivity contribution in [1.29, 1.82) is 0 Å². The molecule has 100 valence electrons. The molecular weight excluding hydrogens is 240 g/mol. The van der Waals surface area contributed by atoms with Gasteiger partial charge in [0.15, 0.2) is 0 Å². The van der Waals surface area contributed by atoms with Crippen molar-refractivity contribution in [3.05, 3.63) is 35.1 Å². The highest BCUT2D eigenvalue weighted by atomic mass is 16.1. The van der Waals surface area contributed by atoms with Crippen LogP contribution in [-0.2, 0) is 6.54 Å². The number of hydrogen-bond acceptors (Lipinski definition) is 4. The molecule has 3 rings (SSSR count). The molecule has 0 atom stereocenters. The number of aromatic nitrogens is 3. The van der Waals surface area contributed by atoms with E-state index in [4.69, 9.17) is 0 Å². The van der Waals surface area contributed by atoms with Crippen molar-refractivity contribution in [2.75, 3.05) is 19.6 Å². The molecule has 0 radical (unpaired) electrons. The monoisotopic (exact) mass is 258 g/mol. The number of fused-ring (bicyclic) bond motifs is 1. The highest BCUT2D eigenvalue weighted by Crippen LogP contribution is 2.08. The van der Waals surface area contributed by atoms with Crippen LogP contribution in [0.4, 0.5) is 0 Å². The number of hydrogen-bond donors (Lipinski definition) is 0. The maximum absolute atomic E-state index is 12.3. The average molecular weight is 258 g/mol. The quantitative estimate of drug-likeness (QED) is 0.832. The van der Waals surface area contributed by atoms with Gasteiger partial charge < -0.3 is 9.47 Å². The van der Waals surface area contributed by atoms with Gasteiger partial charge in [-0.2, -0.15) is 0 Å². The average Bonchev–Trinajstić information content (AvgIpc) is 2.48. The SMILES string of the molecule is O=c1c2cncnc2ccn1CCN1CCCCC1. The molecule has 19 heavy (non-hydrogen) atoms. The molecule has 0 bridgehead atoms. The van der Waals surface area contributed by atoms with E-state index in [0.29, 0.717) is 10.9 Å². The fourth-order valence-electron chi connectivity index (χ4n) is 2.63. The van der Waals surface area contributed by atoms with E-state index in [2.05, 4.69) is 14.9 Å². The van der Waals surface area contributed by atoms with Crippen molar-refractivity contribution >= 4 is 10.9 Å². The summed E-state index contributed by atoms with van der Waals surface area (Å²) in [7, 11) is 0. The second-order valence-electron chi connectivity index (χ2n) is 5.04. The minimum absolute atomic E-state index is 0.00936. The Hall–Kier alpha value is -1.75. The molecule has 0 aliphatic carbocycles. The van der Waals surface area contributed by atoms with Gasteiger partial charge in [-0.1, -0.05) is 6.42 Å². The standard InChI is InChI=1S/C14H18N4O/c19-14-12-10-15-11-16-13(12)4-7-18(14)9-8-17-5-2-1-3-6-17/h4,7,10-11H,1-3,5-6,8-9H2. The largest absolute Gasteiger partial charge is 0.314 e. The maximum Gasteiger partial charge on any atom is 0.261 e.